The van der Waals surface area contributed by atoms with E-state index in [4.69, 9.17) is 10.00 Å². The summed E-state index contributed by atoms with van der Waals surface area (Å²) in [5, 5.41) is 18.8. The SMILES string of the molecule is CCc1cc(C(C)C#N)c(O)c(Br)c1OC. The number of methoxy groups -OCH3 is 1. The second-order valence-corrected chi connectivity index (χ2v) is 4.32. The maximum Gasteiger partial charge on any atom is 0.139 e. The van der Waals surface area contributed by atoms with Crippen LogP contribution in [0.15, 0.2) is 10.5 Å². The molecule has 3 nitrogen and oxygen atoms in total. The van der Waals surface area contributed by atoms with Crippen molar-refractivity contribution in [1.82, 2.24) is 0 Å². The van der Waals surface area contributed by atoms with E-state index in [1.165, 1.54) is 0 Å². The molecule has 1 rings (SSSR count). The molecule has 0 spiro atoms. The highest BCUT2D eigenvalue weighted by Crippen LogP contribution is 2.42. The minimum absolute atomic E-state index is 0.0862. The topological polar surface area (TPSA) is 53.2 Å². The third-order valence-electron chi connectivity index (χ3n) is 2.55. The normalized spacial score (nSPS) is 11.9. The van der Waals surface area contributed by atoms with E-state index in [0.717, 1.165) is 12.0 Å². The van der Waals surface area contributed by atoms with Gasteiger partial charge in [-0.25, -0.2) is 0 Å². The van der Waals surface area contributed by atoms with Crippen LogP contribution >= 0.6 is 15.9 Å². The lowest BCUT2D eigenvalue weighted by Crippen LogP contribution is -1.98. The van der Waals surface area contributed by atoms with Crippen molar-refractivity contribution in [3.63, 3.8) is 0 Å². The number of aryl methyl sites for hydroxylation is 1. The van der Waals surface area contributed by atoms with Crippen LogP contribution in [0.3, 0.4) is 0 Å². The summed E-state index contributed by atoms with van der Waals surface area (Å²) in [6.07, 6.45) is 0.785. The van der Waals surface area contributed by atoms with Crippen molar-refractivity contribution in [3.05, 3.63) is 21.7 Å². The lowest BCUT2D eigenvalue weighted by molar-refractivity contribution is 0.397. The molecule has 0 radical (unpaired) electrons. The van der Waals surface area contributed by atoms with Gasteiger partial charge in [-0.1, -0.05) is 6.92 Å². The number of hydrogen-bond donors (Lipinski definition) is 1. The third kappa shape index (κ3) is 2.14. The zero-order chi connectivity index (χ0) is 12.3. The maximum absolute atomic E-state index is 9.95. The zero-order valence-electron chi connectivity index (χ0n) is 9.54. The standard InChI is InChI=1S/C12H14BrNO2/c1-4-8-5-9(7(2)6-14)11(15)10(13)12(8)16-3/h5,7,15H,4H2,1-3H3. The minimum Gasteiger partial charge on any atom is -0.506 e. The van der Waals surface area contributed by atoms with Gasteiger partial charge in [0.15, 0.2) is 0 Å². The molecule has 0 heterocycles. The quantitative estimate of drug-likeness (QED) is 0.926. The first-order valence-electron chi connectivity index (χ1n) is 5.04. The average molecular weight is 284 g/mol. The average Bonchev–Trinajstić information content (AvgIpc) is 2.31. The summed E-state index contributed by atoms with van der Waals surface area (Å²) in [5.41, 5.74) is 1.61. The monoisotopic (exact) mass is 283 g/mol. The number of aromatic hydroxyl groups is 1. The highest BCUT2D eigenvalue weighted by Gasteiger charge is 2.19. The second kappa shape index (κ2) is 5.22. The molecule has 0 aromatic heterocycles. The molecule has 1 aromatic rings. The summed E-state index contributed by atoms with van der Waals surface area (Å²) in [4.78, 5) is 0. The Labute approximate surface area is 104 Å². The lowest BCUT2D eigenvalue weighted by Gasteiger charge is -2.15. The smallest absolute Gasteiger partial charge is 0.139 e. The first kappa shape index (κ1) is 12.9. The van der Waals surface area contributed by atoms with Gasteiger partial charge >= 0.3 is 0 Å². The Morgan fingerprint density at radius 1 is 1.62 bits per heavy atom. The fraction of sp³-hybridized carbons (Fsp3) is 0.417. The number of rotatable bonds is 3. The summed E-state index contributed by atoms with van der Waals surface area (Å²) in [5.74, 6) is 0.379. The van der Waals surface area contributed by atoms with E-state index in [-0.39, 0.29) is 11.7 Å². The molecule has 0 saturated heterocycles. The van der Waals surface area contributed by atoms with Gasteiger partial charge in [0.2, 0.25) is 0 Å². The molecular formula is C12H14BrNO2. The predicted molar refractivity (Wildman–Crippen MR) is 65.8 cm³/mol. The number of nitriles is 1. The molecule has 0 aliphatic carbocycles. The Hall–Kier alpha value is -1.21. The molecule has 0 amide bonds. The molecule has 4 heteroatoms. The van der Waals surface area contributed by atoms with Crippen LogP contribution in [-0.4, -0.2) is 12.2 Å². The summed E-state index contributed by atoms with van der Waals surface area (Å²) >= 11 is 3.30. The number of nitrogens with zero attached hydrogens (tertiary/aromatic N) is 1. The van der Waals surface area contributed by atoms with Crippen molar-refractivity contribution >= 4 is 15.9 Å². The summed E-state index contributed by atoms with van der Waals surface area (Å²) in [7, 11) is 1.56. The molecule has 16 heavy (non-hydrogen) atoms. The van der Waals surface area contributed by atoms with Crippen molar-refractivity contribution in [2.45, 2.75) is 26.2 Å². The van der Waals surface area contributed by atoms with Crippen LogP contribution in [0.25, 0.3) is 0 Å². The van der Waals surface area contributed by atoms with E-state index in [0.29, 0.717) is 15.8 Å². The summed E-state index contributed by atoms with van der Waals surface area (Å²) < 4.78 is 5.75. The van der Waals surface area contributed by atoms with Crippen molar-refractivity contribution in [2.24, 2.45) is 0 Å². The van der Waals surface area contributed by atoms with Crippen molar-refractivity contribution in [3.8, 4) is 17.6 Å². The third-order valence-corrected chi connectivity index (χ3v) is 3.28. The zero-order valence-corrected chi connectivity index (χ0v) is 11.1. The van der Waals surface area contributed by atoms with Gasteiger partial charge in [-0.3, -0.25) is 0 Å². The van der Waals surface area contributed by atoms with E-state index < -0.39 is 0 Å². The van der Waals surface area contributed by atoms with Crippen LogP contribution in [0.2, 0.25) is 0 Å². The number of hydrogen-bond acceptors (Lipinski definition) is 3. The second-order valence-electron chi connectivity index (χ2n) is 3.53. The van der Waals surface area contributed by atoms with E-state index >= 15 is 0 Å². The van der Waals surface area contributed by atoms with Gasteiger partial charge < -0.3 is 9.84 Å². The van der Waals surface area contributed by atoms with Crippen LogP contribution in [0.1, 0.15) is 30.9 Å². The van der Waals surface area contributed by atoms with Crippen LogP contribution < -0.4 is 4.74 Å². The van der Waals surface area contributed by atoms with Gasteiger partial charge in [0, 0.05) is 5.56 Å². The van der Waals surface area contributed by atoms with Gasteiger partial charge in [-0.2, -0.15) is 5.26 Å². The highest BCUT2D eigenvalue weighted by atomic mass is 79.9. The molecule has 1 aromatic carbocycles. The number of ether oxygens (including phenoxy) is 1. The van der Waals surface area contributed by atoms with Crippen molar-refractivity contribution in [1.29, 1.82) is 5.26 Å². The Morgan fingerprint density at radius 3 is 2.69 bits per heavy atom. The van der Waals surface area contributed by atoms with Crippen molar-refractivity contribution in [2.75, 3.05) is 7.11 Å². The number of phenols is 1. The number of benzene rings is 1. The van der Waals surface area contributed by atoms with Crippen LogP contribution in [0.4, 0.5) is 0 Å². The van der Waals surface area contributed by atoms with Gasteiger partial charge in [-0.05, 0) is 40.9 Å². The lowest BCUT2D eigenvalue weighted by atomic mass is 9.97. The molecule has 1 unspecified atom stereocenters. The minimum atomic E-state index is -0.340. The molecule has 0 aliphatic heterocycles. The maximum atomic E-state index is 9.95. The molecule has 0 bridgehead atoms. The van der Waals surface area contributed by atoms with Gasteiger partial charge in [-0.15, -0.1) is 0 Å². The van der Waals surface area contributed by atoms with Gasteiger partial charge in [0.1, 0.15) is 16.0 Å². The summed E-state index contributed by atoms with van der Waals surface area (Å²) in [6, 6.07) is 3.94. The van der Waals surface area contributed by atoms with Crippen LogP contribution in [0, 0.1) is 11.3 Å². The fourth-order valence-electron chi connectivity index (χ4n) is 1.58. The van der Waals surface area contributed by atoms with Gasteiger partial charge in [0.25, 0.3) is 0 Å². The number of phenolic OH excluding ortho intramolecular Hbond substituents is 1. The Kier molecular flexibility index (Phi) is 4.19. The largest absolute Gasteiger partial charge is 0.506 e. The molecule has 86 valence electrons. The molecule has 1 atom stereocenters. The predicted octanol–water partition coefficient (Wildman–Crippen LogP) is 3.35. The van der Waals surface area contributed by atoms with E-state index in [1.807, 2.05) is 13.0 Å². The fourth-order valence-corrected chi connectivity index (χ4v) is 2.23. The Bertz CT molecular complexity index is 438. The van der Waals surface area contributed by atoms with Crippen LogP contribution in [-0.2, 0) is 6.42 Å². The van der Waals surface area contributed by atoms with Crippen molar-refractivity contribution < 1.29 is 9.84 Å². The Morgan fingerprint density at radius 2 is 2.25 bits per heavy atom. The van der Waals surface area contributed by atoms with E-state index in [1.54, 1.807) is 14.0 Å². The molecule has 0 fully saturated rings. The van der Waals surface area contributed by atoms with E-state index in [9.17, 15) is 5.11 Å². The molecule has 0 aliphatic rings. The molecule has 0 saturated carbocycles. The molecular weight excluding hydrogens is 270 g/mol. The number of halogens is 1. The Balaban J connectivity index is 3.45. The van der Waals surface area contributed by atoms with Crippen LogP contribution in [0.5, 0.6) is 11.5 Å². The van der Waals surface area contributed by atoms with Gasteiger partial charge in [0.05, 0.1) is 19.1 Å². The first-order valence-corrected chi connectivity index (χ1v) is 5.83. The summed E-state index contributed by atoms with van der Waals surface area (Å²) in [6.45, 7) is 3.76. The molecule has 1 N–H and O–H groups in total. The van der Waals surface area contributed by atoms with E-state index in [2.05, 4.69) is 22.0 Å². The first-order chi connectivity index (χ1) is 7.56. The highest BCUT2D eigenvalue weighted by molar-refractivity contribution is 9.10.